The summed E-state index contributed by atoms with van der Waals surface area (Å²) in [5, 5.41) is 5.28. The van der Waals surface area contributed by atoms with Crippen LogP contribution in [0.25, 0.3) is 10.8 Å². The van der Waals surface area contributed by atoms with Gasteiger partial charge in [-0.05, 0) is 158 Å². The van der Waals surface area contributed by atoms with E-state index in [1.807, 2.05) is 36.4 Å². The highest BCUT2D eigenvalue weighted by atomic mass is 16.5. The Morgan fingerprint density at radius 1 is 0.228 bits per heavy atom. The Bertz CT molecular complexity index is 3480. The van der Waals surface area contributed by atoms with Crippen LogP contribution in [0.5, 0.6) is 34.5 Å². The Hall–Kier alpha value is -7.72. The van der Waals surface area contributed by atoms with Gasteiger partial charge in [-0.3, -0.25) is 19.8 Å². The fourth-order valence-corrected chi connectivity index (χ4v) is 10.7. The van der Waals surface area contributed by atoms with Crippen LogP contribution in [0.15, 0.2) is 131 Å². The maximum Gasteiger partial charge on any atom is 0.270 e. The molecule has 10 heteroatoms. The molecule has 0 atom stereocenters. The first-order valence-corrected chi connectivity index (χ1v) is 32.8. The molecule has 2 N–H and O–H groups in total. The van der Waals surface area contributed by atoms with E-state index in [1.165, 1.54) is 44.5 Å². The number of H-pyrrole nitrogens is 2. The van der Waals surface area contributed by atoms with Gasteiger partial charge in [-0.15, -0.1) is 0 Å². The number of aromatic amines is 2. The van der Waals surface area contributed by atoms with Crippen molar-refractivity contribution in [2.45, 2.75) is 249 Å². The maximum atomic E-state index is 13.5. The molecule has 7 aromatic carbocycles. The molecular weight excluding hydrogens is 1140 g/mol. The van der Waals surface area contributed by atoms with E-state index < -0.39 is 11.1 Å². The number of rotatable bonds is 18. The van der Waals surface area contributed by atoms with Gasteiger partial charge in [0, 0.05) is 12.1 Å². The SMILES string of the molecule is CC(C)(C)c1cc(COc2cc(COc3cc4c(=O)[nH][nH]c(=O)c4cc3OCc3cc(OCc4cc(C(C)(C)C)cc(C(C)(C)C)c4)cc(OCc4cc(C(C)(C)C)cc(C(C)(C)C)c4)c3)cc(OCc3cc(C(C)(C)C)cc(C(C)(C)C)c3)c2)cc(C(C)(C)C)c1. The van der Waals surface area contributed by atoms with Gasteiger partial charge < -0.3 is 28.4 Å². The molecule has 0 aliphatic heterocycles. The van der Waals surface area contributed by atoms with E-state index in [-0.39, 0.29) is 78.8 Å². The molecule has 0 bridgehead atoms. The summed E-state index contributed by atoms with van der Waals surface area (Å²) in [5.74, 6) is 2.93. The zero-order valence-electron chi connectivity index (χ0n) is 60.1. The topological polar surface area (TPSA) is 121 Å². The molecule has 1 heterocycles. The van der Waals surface area contributed by atoms with Crippen molar-refractivity contribution < 1.29 is 28.4 Å². The second kappa shape index (κ2) is 26.3. The van der Waals surface area contributed by atoms with Gasteiger partial charge in [-0.1, -0.05) is 239 Å². The van der Waals surface area contributed by atoms with Crippen LogP contribution in [0, 0.1) is 0 Å². The van der Waals surface area contributed by atoms with Crippen LogP contribution < -0.4 is 39.5 Å². The van der Waals surface area contributed by atoms with Gasteiger partial charge in [-0.25, -0.2) is 0 Å². The summed E-state index contributed by atoms with van der Waals surface area (Å²) in [7, 11) is 0. The summed E-state index contributed by atoms with van der Waals surface area (Å²) in [6.45, 7) is 55.0. The lowest BCUT2D eigenvalue weighted by atomic mass is 9.79. The minimum Gasteiger partial charge on any atom is -0.489 e. The highest BCUT2D eigenvalue weighted by Gasteiger charge is 2.26. The monoisotopic (exact) mass is 1250 g/mol. The van der Waals surface area contributed by atoms with E-state index >= 15 is 0 Å². The van der Waals surface area contributed by atoms with Crippen LogP contribution in [0.2, 0.25) is 0 Å². The van der Waals surface area contributed by atoms with Crippen LogP contribution >= 0.6 is 0 Å². The van der Waals surface area contributed by atoms with Crippen molar-refractivity contribution in [3.8, 4) is 34.5 Å². The number of nitrogens with one attached hydrogen (secondary N) is 2. The summed E-state index contributed by atoms with van der Waals surface area (Å²) in [6, 6.07) is 42.0. The Balaban J connectivity index is 1.16. The second-order valence-corrected chi connectivity index (χ2v) is 33.8. The lowest BCUT2D eigenvalue weighted by molar-refractivity contribution is 0.252. The Labute approximate surface area is 550 Å². The van der Waals surface area contributed by atoms with Crippen molar-refractivity contribution in [3.05, 3.63) is 220 Å². The minimum atomic E-state index is -0.477. The third-order valence-corrected chi connectivity index (χ3v) is 17.1. The maximum absolute atomic E-state index is 13.5. The lowest BCUT2D eigenvalue weighted by Crippen LogP contribution is -2.19. The normalized spacial score (nSPS) is 12.9. The van der Waals surface area contributed by atoms with Gasteiger partial charge in [-0.2, -0.15) is 0 Å². The van der Waals surface area contributed by atoms with Crippen LogP contribution in [-0.4, -0.2) is 10.2 Å². The third kappa shape index (κ3) is 18.5. The molecule has 0 saturated carbocycles. The first-order valence-electron chi connectivity index (χ1n) is 32.8. The van der Waals surface area contributed by atoms with Crippen LogP contribution in [0.3, 0.4) is 0 Å². The Morgan fingerprint density at radius 2 is 0.402 bits per heavy atom. The van der Waals surface area contributed by atoms with Crippen LogP contribution in [0.4, 0.5) is 0 Å². The Morgan fingerprint density at radius 3 is 0.587 bits per heavy atom. The molecule has 0 amide bonds. The predicted molar refractivity (Wildman–Crippen MR) is 379 cm³/mol. The fraction of sp³-hybridized carbons (Fsp3) is 0.463. The molecule has 0 radical (unpaired) electrons. The van der Waals surface area contributed by atoms with Crippen molar-refractivity contribution >= 4 is 10.8 Å². The molecule has 1 aromatic heterocycles. The molecular formula is C82H106N2O8. The van der Waals surface area contributed by atoms with Crippen molar-refractivity contribution in [2.75, 3.05) is 0 Å². The van der Waals surface area contributed by atoms with Gasteiger partial charge in [0.05, 0.1) is 10.8 Å². The number of benzene rings is 7. The number of ether oxygens (including phenoxy) is 6. The number of hydrogen-bond donors (Lipinski definition) is 2. The zero-order valence-corrected chi connectivity index (χ0v) is 60.1. The molecule has 0 fully saturated rings. The van der Waals surface area contributed by atoms with E-state index in [4.69, 9.17) is 28.4 Å². The van der Waals surface area contributed by atoms with Gasteiger partial charge in [0.15, 0.2) is 11.5 Å². The molecule has 0 unspecified atom stereocenters. The molecule has 0 spiro atoms. The van der Waals surface area contributed by atoms with Gasteiger partial charge in [0.25, 0.3) is 11.1 Å². The summed E-state index contributed by atoms with van der Waals surface area (Å²) >= 11 is 0. The van der Waals surface area contributed by atoms with E-state index in [1.54, 1.807) is 12.1 Å². The van der Waals surface area contributed by atoms with E-state index in [0.717, 1.165) is 33.4 Å². The molecule has 492 valence electrons. The Kier molecular flexibility index (Phi) is 20.1. The standard InChI is InChI=1S/C82H106N2O8/c1-75(2,3)57-25-51(26-58(37-57)76(4,5)6)45-87-65-33-55(34-66(41-65)88-46-52-27-59(77(7,8)9)38-60(28-52)78(10,11)12)49-91-71-43-69-70(74(86)84-83-73(69)85)44-72(71)92-50-56-35-67(89-47-53-29-61(79(13,14)15)39-62(30-53)80(16,17)18)42-68(36-56)90-48-54-31-63(81(19,20)21)40-64(32-54)82(22,23)24/h25-44H,45-50H2,1-24H3,(H,83,85)(H,84,86). The number of hydrogen-bond acceptors (Lipinski definition) is 8. The largest absolute Gasteiger partial charge is 0.489 e. The molecule has 8 aromatic rings. The molecule has 8 rings (SSSR count). The number of aromatic nitrogens is 2. The van der Waals surface area contributed by atoms with E-state index in [2.05, 4.69) is 249 Å². The van der Waals surface area contributed by atoms with Gasteiger partial charge >= 0.3 is 0 Å². The highest BCUT2D eigenvalue weighted by molar-refractivity contribution is 5.84. The van der Waals surface area contributed by atoms with Crippen molar-refractivity contribution in [1.82, 2.24) is 10.2 Å². The summed E-state index contributed by atoms with van der Waals surface area (Å²) < 4.78 is 40.5. The quantitative estimate of drug-likeness (QED) is 0.0871. The summed E-state index contributed by atoms with van der Waals surface area (Å²) in [5.41, 5.74) is 14.2. The molecule has 0 aliphatic carbocycles. The average Bonchev–Trinajstić information content (AvgIpc) is 0.906. The summed E-state index contributed by atoms with van der Waals surface area (Å²) in [6.07, 6.45) is 0. The van der Waals surface area contributed by atoms with Crippen LogP contribution in [-0.2, 0) is 83.0 Å². The summed E-state index contributed by atoms with van der Waals surface area (Å²) in [4.78, 5) is 27.0. The van der Waals surface area contributed by atoms with E-state index in [9.17, 15) is 9.59 Å². The van der Waals surface area contributed by atoms with Crippen molar-refractivity contribution in [1.29, 1.82) is 0 Å². The predicted octanol–water partition coefficient (Wildman–Crippen LogP) is 20.1. The van der Waals surface area contributed by atoms with Crippen molar-refractivity contribution in [3.63, 3.8) is 0 Å². The van der Waals surface area contributed by atoms with Gasteiger partial charge in [0.2, 0.25) is 0 Å². The van der Waals surface area contributed by atoms with Crippen LogP contribution in [0.1, 0.15) is 244 Å². The first-order chi connectivity index (χ1) is 42.3. The molecule has 0 aliphatic rings. The highest BCUT2D eigenvalue weighted by Crippen LogP contribution is 2.39. The molecule has 10 nitrogen and oxygen atoms in total. The smallest absolute Gasteiger partial charge is 0.270 e. The average molecular weight is 1250 g/mol. The number of fused-ring (bicyclic) bond motifs is 1. The van der Waals surface area contributed by atoms with E-state index in [0.29, 0.717) is 49.4 Å². The van der Waals surface area contributed by atoms with Crippen molar-refractivity contribution in [2.24, 2.45) is 0 Å². The molecule has 92 heavy (non-hydrogen) atoms. The van der Waals surface area contributed by atoms with Gasteiger partial charge in [0.1, 0.15) is 62.6 Å². The first kappa shape index (κ1) is 70.2. The fourth-order valence-electron chi connectivity index (χ4n) is 10.7. The lowest BCUT2D eigenvalue weighted by Gasteiger charge is -2.26. The minimum absolute atomic E-state index is 0.0277. The zero-order chi connectivity index (χ0) is 67.9. The third-order valence-electron chi connectivity index (χ3n) is 17.1. The second-order valence-electron chi connectivity index (χ2n) is 33.8. The molecule has 0 saturated heterocycles.